The molecule has 7 heteroatoms. The number of nitrogens with zero attached hydrogens (tertiary/aromatic N) is 2. The van der Waals surface area contributed by atoms with E-state index in [0.717, 1.165) is 6.42 Å². The first kappa shape index (κ1) is 16.7. The molecule has 122 valence electrons. The monoisotopic (exact) mass is 316 g/mol. The fourth-order valence-electron chi connectivity index (χ4n) is 1.86. The van der Waals surface area contributed by atoms with Crippen molar-refractivity contribution in [1.82, 2.24) is 15.5 Å². The van der Waals surface area contributed by atoms with E-state index in [1.807, 2.05) is 0 Å². The molecule has 0 aliphatic heterocycles. The van der Waals surface area contributed by atoms with Crippen LogP contribution < -0.4 is 10.6 Å². The Bertz CT molecular complexity index is 694. The van der Waals surface area contributed by atoms with E-state index in [2.05, 4.69) is 34.6 Å². The van der Waals surface area contributed by atoms with Gasteiger partial charge in [-0.25, -0.2) is 4.98 Å². The fourth-order valence-corrected chi connectivity index (χ4v) is 1.86. The quantitative estimate of drug-likeness (QED) is 0.853. The first-order chi connectivity index (χ1) is 11.0. The van der Waals surface area contributed by atoms with Gasteiger partial charge in [0.25, 0.3) is 11.8 Å². The molecule has 2 heterocycles. The van der Waals surface area contributed by atoms with Crippen LogP contribution in [-0.4, -0.2) is 28.5 Å². The molecule has 2 rings (SSSR count). The Morgan fingerprint density at radius 2 is 1.91 bits per heavy atom. The number of anilines is 1. The Morgan fingerprint density at radius 3 is 2.52 bits per heavy atom. The third-order valence-corrected chi connectivity index (χ3v) is 3.09. The summed E-state index contributed by atoms with van der Waals surface area (Å²) in [6, 6.07) is 6.32. The van der Waals surface area contributed by atoms with E-state index in [4.69, 9.17) is 4.52 Å². The number of hydrogen-bond donors (Lipinski definition) is 2. The van der Waals surface area contributed by atoms with Crippen molar-refractivity contribution in [2.45, 2.75) is 27.2 Å². The van der Waals surface area contributed by atoms with Gasteiger partial charge in [0.2, 0.25) is 0 Å². The third-order valence-electron chi connectivity index (χ3n) is 3.09. The number of aryl methyl sites for hydroxylation is 1. The minimum absolute atomic E-state index is 0.141. The van der Waals surface area contributed by atoms with Crippen LogP contribution in [0.1, 0.15) is 47.0 Å². The van der Waals surface area contributed by atoms with Gasteiger partial charge in [-0.15, -0.1) is 0 Å². The molecular formula is C16H20N4O3. The number of nitrogens with one attached hydrogen (secondary N) is 2. The van der Waals surface area contributed by atoms with E-state index in [1.165, 1.54) is 6.07 Å². The molecule has 0 aliphatic rings. The molecule has 0 atom stereocenters. The zero-order chi connectivity index (χ0) is 16.8. The Kier molecular flexibility index (Phi) is 5.46. The number of amides is 2. The Balaban J connectivity index is 2.01. The highest BCUT2D eigenvalue weighted by atomic mass is 16.5. The standard InChI is InChI=1S/C16H20N4O3/c1-10(2)7-8-17-15(21)12-5-4-6-13(18-12)16(22)19-14-9-11(3)23-20-14/h4-6,9-10H,7-8H2,1-3H3,(H,17,21)(H,19,20,22). The van der Waals surface area contributed by atoms with Crippen molar-refractivity contribution in [1.29, 1.82) is 0 Å². The predicted octanol–water partition coefficient (Wildman–Crippen LogP) is 2.41. The van der Waals surface area contributed by atoms with Gasteiger partial charge in [-0.2, -0.15) is 0 Å². The van der Waals surface area contributed by atoms with Gasteiger partial charge in [-0.1, -0.05) is 25.1 Å². The Labute approximate surface area is 134 Å². The van der Waals surface area contributed by atoms with Gasteiger partial charge in [0, 0.05) is 12.6 Å². The molecule has 0 aliphatic carbocycles. The molecule has 0 saturated heterocycles. The molecule has 2 amide bonds. The molecule has 2 aromatic rings. The van der Waals surface area contributed by atoms with Crippen LogP contribution in [0.15, 0.2) is 28.8 Å². The molecule has 2 N–H and O–H groups in total. The van der Waals surface area contributed by atoms with Crippen molar-refractivity contribution in [2.75, 3.05) is 11.9 Å². The number of pyridine rings is 1. The molecular weight excluding hydrogens is 296 g/mol. The van der Waals surface area contributed by atoms with E-state index < -0.39 is 5.91 Å². The highest BCUT2D eigenvalue weighted by Crippen LogP contribution is 2.09. The summed E-state index contributed by atoms with van der Waals surface area (Å²) >= 11 is 0. The number of rotatable bonds is 6. The Morgan fingerprint density at radius 1 is 1.22 bits per heavy atom. The molecule has 0 saturated carbocycles. The van der Waals surface area contributed by atoms with Crippen LogP contribution >= 0.6 is 0 Å². The van der Waals surface area contributed by atoms with E-state index >= 15 is 0 Å². The predicted molar refractivity (Wildman–Crippen MR) is 85.2 cm³/mol. The lowest BCUT2D eigenvalue weighted by Crippen LogP contribution is -2.27. The van der Waals surface area contributed by atoms with Crippen molar-refractivity contribution in [3.05, 3.63) is 41.4 Å². The highest BCUT2D eigenvalue weighted by molar-refractivity contribution is 6.03. The average molecular weight is 316 g/mol. The minimum atomic E-state index is -0.449. The summed E-state index contributed by atoms with van der Waals surface area (Å²) in [6.45, 7) is 6.47. The summed E-state index contributed by atoms with van der Waals surface area (Å²) in [5.74, 6) is 0.659. The number of hydrogen-bond acceptors (Lipinski definition) is 5. The zero-order valence-corrected chi connectivity index (χ0v) is 13.4. The van der Waals surface area contributed by atoms with Crippen molar-refractivity contribution in [3.8, 4) is 0 Å². The molecule has 7 nitrogen and oxygen atoms in total. The summed E-state index contributed by atoms with van der Waals surface area (Å²) < 4.78 is 4.88. The normalized spacial score (nSPS) is 10.6. The summed E-state index contributed by atoms with van der Waals surface area (Å²) in [5.41, 5.74) is 0.347. The fraction of sp³-hybridized carbons (Fsp3) is 0.375. The maximum Gasteiger partial charge on any atom is 0.275 e. The van der Waals surface area contributed by atoms with Crippen LogP contribution in [0.5, 0.6) is 0 Å². The lowest BCUT2D eigenvalue weighted by Gasteiger charge is -2.07. The van der Waals surface area contributed by atoms with Crippen molar-refractivity contribution in [2.24, 2.45) is 5.92 Å². The van der Waals surface area contributed by atoms with E-state index in [9.17, 15) is 9.59 Å². The second-order valence-electron chi connectivity index (χ2n) is 5.62. The lowest BCUT2D eigenvalue weighted by atomic mass is 10.1. The topological polar surface area (TPSA) is 97.1 Å². The molecule has 0 spiro atoms. The van der Waals surface area contributed by atoms with Crippen LogP contribution in [0.3, 0.4) is 0 Å². The van der Waals surface area contributed by atoms with Gasteiger partial charge in [-0.05, 0) is 31.4 Å². The van der Waals surface area contributed by atoms with Crippen LogP contribution in [0, 0.1) is 12.8 Å². The molecule has 0 radical (unpaired) electrons. The second kappa shape index (κ2) is 7.53. The first-order valence-corrected chi connectivity index (χ1v) is 7.45. The number of carbonyl (C=O) groups excluding carboxylic acids is 2. The van der Waals surface area contributed by atoms with Crippen LogP contribution in [0.2, 0.25) is 0 Å². The summed E-state index contributed by atoms with van der Waals surface area (Å²) in [5, 5.41) is 9.04. The van der Waals surface area contributed by atoms with E-state index in [-0.39, 0.29) is 17.3 Å². The van der Waals surface area contributed by atoms with Gasteiger partial charge in [0.05, 0.1) is 0 Å². The first-order valence-electron chi connectivity index (χ1n) is 7.45. The van der Waals surface area contributed by atoms with Gasteiger partial charge in [0.1, 0.15) is 17.1 Å². The van der Waals surface area contributed by atoms with Gasteiger partial charge in [0.15, 0.2) is 5.82 Å². The van der Waals surface area contributed by atoms with Crippen LogP contribution in [0.4, 0.5) is 5.82 Å². The molecule has 23 heavy (non-hydrogen) atoms. The van der Waals surface area contributed by atoms with Gasteiger partial charge < -0.3 is 15.2 Å². The third kappa shape index (κ3) is 4.91. The molecule has 2 aromatic heterocycles. The maximum atomic E-state index is 12.1. The Hall–Kier alpha value is -2.70. The summed E-state index contributed by atoms with van der Waals surface area (Å²) in [6.07, 6.45) is 0.886. The molecule has 0 unspecified atom stereocenters. The summed E-state index contributed by atoms with van der Waals surface area (Å²) in [7, 11) is 0. The van der Waals surface area contributed by atoms with E-state index in [0.29, 0.717) is 24.0 Å². The number of aromatic nitrogens is 2. The van der Waals surface area contributed by atoms with Gasteiger partial charge >= 0.3 is 0 Å². The largest absolute Gasteiger partial charge is 0.360 e. The summed E-state index contributed by atoms with van der Waals surface area (Å²) in [4.78, 5) is 28.2. The second-order valence-corrected chi connectivity index (χ2v) is 5.62. The van der Waals surface area contributed by atoms with Gasteiger partial charge in [-0.3, -0.25) is 9.59 Å². The van der Waals surface area contributed by atoms with Crippen molar-refractivity contribution >= 4 is 17.6 Å². The molecule has 0 bridgehead atoms. The van der Waals surface area contributed by atoms with E-state index in [1.54, 1.807) is 25.1 Å². The average Bonchev–Trinajstić information content (AvgIpc) is 2.92. The molecule has 0 fully saturated rings. The molecule has 0 aromatic carbocycles. The van der Waals surface area contributed by atoms with Crippen molar-refractivity contribution in [3.63, 3.8) is 0 Å². The van der Waals surface area contributed by atoms with Crippen molar-refractivity contribution < 1.29 is 14.1 Å². The van der Waals surface area contributed by atoms with Crippen LogP contribution in [0.25, 0.3) is 0 Å². The number of carbonyl (C=O) groups is 2. The minimum Gasteiger partial charge on any atom is -0.360 e. The zero-order valence-electron chi connectivity index (χ0n) is 13.4. The smallest absolute Gasteiger partial charge is 0.275 e. The maximum absolute atomic E-state index is 12.1. The SMILES string of the molecule is Cc1cc(NC(=O)c2cccc(C(=O)NCCC(C)C)n2)no1. The lowest BCUT2D eigenvalue weighted by molar-refractivity contribution is 0.0947. The van der Waals surface area contributed by atoms with Crippen LogP contribution in [-0.2, 0) is 0 Å². The highest BCUT2D eigenvalue weighted by Gasteiger charge is 2.13.